The van der Waals surface area contributed by atoms with Crippen LogP contribution in [0.25, 0.3) is 0 Å². The highest BCUT2D eigenvalue weighted by Gasteiger charge is 2.53. The average Bonchev–Trinajstić information content (AvgIpc) is 2.95. The Bertz CT molecular complexity index is 682. The van der Waals surface area contributed by atoms with Gasteiger partial charge in [-0.05, 0) is 26.8 Å². The molecule has 2 aliphatic rings. The van der Waals surface area contributed by atoms with Crippen molar-refractivity contribution in [3.8, 4) is 5.75 Å². The van der Waals surface area contributed by atoms with Crippen molar-refractivity contribution in [2.45, 2.75) is 39.0 Å². The van der Waals surface area contributed by atoms with Gasteiger partial charge in [0, 0.05) is 6.07 Å². The minimum Gasteiger partial charge on any atom is -0.489 e. The molecule has 0 unspecified atom stereocenters. The van der Waals surface area contributed by atoms with E-state index in [9.17, 15) is 14.0 Å². The van der Waals surface area contributed by atoms with Gasteiger partial charge in [-0.3, -0.25) is 9.69 Å². The standard InChI is InChI=1S/C15H16ClFN2O4/c1-7(2)23-12-5-11(10(17)4-9(12)16)19-14(20)13-8(3)22-6-18(13)15(19)21/h4-5,7-8,13H,6H2,1-3H3/t8-,13+/m0/s1. The molecule has 3 amide bonds. The van der Waals surface area contributed by atoms with Crippen LogP contribution in [0.1, 0.15) is 20.8 Å². The number of amides is 3. The summed E-state index contributed by atoms with van der Waals surface area (Å²) in [5.74, 6) is -1.06. The van der Waals surface area contributed by atoms with Crippen LogP contribution >= 0.6 is 11.6 Å². The number of carbonyl (C=O) groups excluding carboxylic acids is 2. The average molecular weight is 343 g/mol. The lowest BCUT2D eigenvalue weighted by Gasteiger charge is -2.19. The van der Waals surface area contributed by atoms with Crippen molar-refractivity contribution >= 4 is 29.2 Å². The monoisotopic (exact) mass is 342 g/mol. The maximum Gasteiger partial charge on any atom is 0.334 e. The number of hydrogen-bond donors (Lipinski definition) is 0. The Labute approximate surface area is 137 Å². The van der Waals surface area contributed by atoms with E-state index in [0.717, 1.165) is 11.0 Å². The highest BCUT2D eigenvalue weighted by molar-refractivity contribution is 6.32. The summed E-state index contributed by atoms with van der Waals surface area (Å²) in [7, 11) is 0. The van der Waals surface area contributed by atoms with Crippen LogP contribution in [0.3, 0.4) is 0 Å². The van der Waals surface area contributed by atoms with Gasteiger partial charge in [0.2, 0.25) is 0 Å². The first-order valence-electron chi connectivity index (χ1n) is 7.23. The summed E-state index contributed by atoms with van der Waals surface area (Å²) >= 11 is 5.96. The fourth-order valence-corrected chi connectivity index (χ4v) is 2.94. The summed E-state index contributed by atoms with van der Waals surface area (Å²) in [5, 5.41) is 0.0799. The van der Waals surface area contributed by atoms with Gasteiger partial charge in [0.15, 0.2) is 0 Å². The number of benzene rings is 1. The molecule has 0 aliphatic carbocycles. The third-order valence-electron chi connectivity index (χ3n) is 3.77. The summed E-state index contributed by atoms with van der Waals surface area (Å²) in [5.41, 5.74) is -0.165. The predicted molar refractivity (Wildman–Crippen MR) is 81.1 cm³/mol. The van der Waals surface area contributed by atoms with Crippen molar-refractivity contribution in [2.75, 3.05) is 11.6 Å². The molecular weight excluding hydrogens is 327 g/mol. The molecule has 0 radical (unpaired) electrons. The second-order valence-electron chi connectivity index (χ2n) is 5.77. The lowest BCUT2D eigenvalue weighted by Crippen LogP contribution is -2.36. The lowest BCUT2D eigenvalue weighted by atomic mass is 10.1. The molecule has 0 bridgehead atoms. The molecular formula is C15H16ClFN2O4. The Kier molecular flexibility index (Phi) is 3.93. The van der Waals surface area contributed by atoms with Crippen LogP contribution in [0, 0.1) is 5.82 Å². The van der Waals surface area contributed by atoms with Crippen molar-refractivity contribution in [3.05, 3.63) is 23.0 Å². The normalized spacial score (nSPS) is 23.9. The number of fused-ring (bicyclic) bond motifs is 1. The first kappa shape index (κ1) is 16.0. The third kappa shape index (κ3) is 2.53. The van der Waals surface area contributed by atoms with E-state index in [1.807, 2.05) is 0 Å². The van der Waals surface area contributed by atoms with Crippen LogP contribution in [-0.2, 0) is 9.53 Å². The molecule has 1 aromatic rings. The van der Waals surface area contributed by atoms with Crippen LogP contribution in [0.2, 0.25) is 5.02 Å². The zero-order valence-electron chi connectivity index (χ0n) is 12.9. The number of ether oxygens (including phenoxy) is 2. The zero-order valence-corrected chi connectivity index (χ0v) is 13.6. The smallest absolute Gasteiger partial charge is 0.334 e. The third-order valence-corrected chi connectivity index (χ3v) is 4.07. The minimum atomic E-state index is -0.762. The van der Waals surface area contributed by atoms with Crippen molar-refractivity contribution in [1.29, 1.82) is 0 Å². The number of imide groups is 1. The molecule has 0 N–H and O–H groups in total. The molecule has 2 saturated heterocycles. The van der Waals surface area contributed by atoms with Crippen LogP contribution < -0.4 is 9.64 Å². The molecule has 3 rings (SSSR count). The molecule has 0 saturated carbocycles. The lowest BCUT2D eigenvalue weighted by molar-refractivity contribution is -0.120. The van der Waals surface area contributed by atoms with Crippen LogP contribution in [0.4, 0.5) is 14.9 Å². The number of hydrogen-bond acceptors (Lipinski definition) is 4. The van der Waals surface area contributed by atoms with Gasteiger partial charge in [0.05, 0.1) is 22.9 Å². The Morgan fingerprint density at radius 1 is 1.39 bits per heavy atom. The minimum absolute atomic E-state index is 0.0114. The highest BCUT2D eigenvalue weighted by atomic mass is 35.5. The van der Waals surface area contributed by atoms with Gasteiger partial charge in [0.1, 0.15) is 24.3 Å². The summed E-state index contributed by atoms with van der Waals surface area (Å²) in [6, 6.07) is 0.979. The van der Waals surface area contributed by atoms with Gasteiger partial charge in [-0.25, -0.2) is 14.1 Å². The van der Waals surface area contributed by atoms with Gasteiger partial charge < -0.3 is 9.47 Å². The molecule has 0 spiro atoms. The molecule has 23 heavy (non-hydrogen) atoms. The highest BCUT2D eigenvalue weighted by Crippen LogP contribution is 2.37. The second-order valence-corrected chi connectivity index (χ2v) is 6.18. The maximum absolute atomic E-state index is 14.3. The number of carbonyl (C=O) groups is 2. The molecule has 124 valence electrons. The summed E-state index contributed by atoms with van der Waals surface area (Å²) < 4.78 is 25.1. The molecule has 8 heteroatoms. The van der Waals surface area contributed by atoms with E-state index in [2.05, 4.69) is 0 Å². The summed E-state index contributed by atoms with van der Waals surface area (Å²) in [4.78, 5) is 27.1. The van der Waals surface area contributed by atoms with Crippen molar-refractivity contribution in [3.63, 3.8) is 0 Å². The SMILES string of the molecule is CC(C)Oc1cc(N2C(=O)[C@H]3[C@H](C)OCN3C2=O)c(F)cc1Cl. The Morgan fingerprint density at radius 3 is 2.70 bits per heavy atom. The topological polar surface area (TPSA) is 59.1 Å². The first-order valence-corrected chi connectivity index (χ1v) is 7.61. The van der Waals surface area contributed by atoms with Gasteiger partial charge in [0.25, 0.3) is 5.91 Å². The number of nitrogens with zero attached hydrogens (tertiary/aromatic N) is 2. The molecule has 2 heterocycles. The predicted octanol–water partition coefficient (Wildman–Crippen LogP) is 2.78. The maximum atomic E-state index is 14.3. The van der Waals surface area contributed by atoms with E-state index in [-0.39, 0.29) is 29.3 Å². The number of anilines is 1. The van der Waals surface area contributed by atoms with E-state index in [0.29, 0.717) is 0 Å². The number of halogens is 2. The van der Waals surface area contributed by atoms with E-state index < -0.39 is 29.9 Å². The summed E-state index contributed by atoms with van der Waals surface area (Å²) in [6.07, 6.45) is -0.620. The largest absolute Gasteiger partial charge is 0.489 e. The van der Waals surface area contributed by atoms with Gasteiger partial charge >= 0.3 is 6.03 Å². The molecule has 2 aliphatic heterocycles. The Balaban J connectivity index is 2.01. The van der Waals surface area contributed by atoms with Gasteiger partial charge in [-0.2, -0.15) is 0 Å². The zero-order chi connectivity index (χ0) is 16.9. The van der Waals surface area contributed by atoms with E-state index in [1.54, 1.807) is 20.8 Å². The van der Waals surface area contributed by atoms with Crippen molar-refractivity contribution < 1.29 is 23.5 Å². The van der Waals surface area contributed by atoms with E-state index >= 15 is 0 Å². The fraction of sp³-hybridized carbons (Fsp3) is 0.467. The van der Waals surface area contributed by atoms with Gasteiger partial charge in [-0.15, -0.1) is 0 Å². The molecule has 2 atom stereocenters. The number of urea groups is 1. The quantitative estimate of drug-likeness (QED) is 0.793. The first-order chi connectivity index (χ1) is 10.8. The fourth-order valence-electron chi connectivity index (χ4n) is 2.74. The van der Waals surface area contributed by atoms with Crippen molar-refractivity contribution in [1.82, 2.24) is 4.90 Å². The molecule has 1 aromatic carbocycles. The molecule has 2 fully saturated rings. The number of rotatable bonds is 3. The van der Waals surface area contributed by atoms with E-state index in [1.165, 1.54) is 11.0 Å². The molecule has 6 nitrogen and oxygen atoms in total. The van der Waals surface area contributed by atoms with Crippen LogP contribution in [0.5, 0.6) is 5.75 Å². The van der Waals surface area contributed by atoms with E-state index in [4.69, 9.17) is 21.1 Å². The summed E-state index contributed by atoms with van der Waals surface area (Å²) in [6.45, 7) is 5.30. The van der Waals surface area contributed by atoms with Gasteiger partial charge in [-0.1, -0.05) is 11.6 Å². The second kappa shape index (κ2) is 5.65. The van der Waals surface area contributed by atoms with Crippen LogP contribution in [-0.4, -0.2) is 41.8 Å². The van der Waals surface area contributed by atoms with Crippen LogP contribution in [0.15, 0.2) is 12.1 Å². The Morgan fingerprint density at radius 2 is 2.09 bits per heavy atom. The van der Waals surface area contributed by atoms with Crippen molar-refractivity contribution in [2.24, 2.45) is 0 Å². The Hall–Kier alpha value is -1.86. The molecule has 0 aromatic heterocycles.